The van der Waals surface area contributed by atoms with Crippen LogP contribution in [-0.2, 0) is 0 Å². The fraction of sp³-hybridized carbons (Fsp3) is 0.278. The first-order valence-corrected chi connectivity index (χ1v) is 7.37. The molecule has 21 heavy (non-hydrogen) atoms. The van der Waals surface area contributed by atoms with Gasteiger partial charge in [0, 0.05) is 30.0 Å². The van der Waals surface area contributed by atoms with Crippen LogP contribution >= 0.6 is 0 Å². The number of hydrogen-bond acceptors (Lipinski definition) is 2. The topological polar surface area (TPSA) is 32.3 Å². The van der Waals surface area contributed by atoms with E-state index in [4.69, 9.17) is 0 Å². The van der Waals surface area contributed by atoms with Crippen molar-refractivity contribution in [2.24, 2.45) is 0 Å². The van der Waals surface area contributed by atoms with Crippen molar-refractivity contribution in [2.45, 2.75) is 20.8 Å². The van der Waals surface area contributed by atoms with Gasteiger partial charge in [-0.05, 0) is 57.2 Å². The van der Waals surface area contributed by atoms with E-state index in [2.05, 4.69) is 24.1 Å². The quantitative estimate of drug-likeness (QED) is 0.895. The predicted molar refractivity (Wildman–Crippen MR) is 89.1 cm³/mol. The number of nitrogens with one attached hydrogen (secondary N) is 1. The fourth-order valence-electron chi connectivity index (χ4n) is 2.25. The number of carbonyl (C=O) groups excluding carboxylic acids is 1. The Kier molecular flexibility index (Phi) is 4.99. The Morgan fingerprint density at radius 3 is 2.05 bits per heavy atom. The first-order chi connectivity index (χ1) is 10.1. The molecule has 110 valence electrons. The zero-order chi connectivity index (χ0) is 15.2. The molecule has 1 N–H and O–H groups in total. The van der Waals surface area contributed by atoms with Gasteiger partial charge >= 0.3 is 0 Å². The molecule has 0 aromatic heterocycles. The first-order valence-electron chi connectivity index (χ1n) is 7.37. The summed E-state index contributed by atoms with van der Waals surface area (Å²) >= 11 is 0. The maximum absolute atomic E-state index is 12.2. The van der Waals surface area contributed by atoms with E-state index in [1.54, 1.807) is 0 Å². The Morgan fingerprint density at radius 2 is 1.52 bits per heavy atom. The number of nitrogens with zero attached hydrogens (tertiary/aromatic N) is 1. The predicted octanol–water partition coefficient (Wildman–Crippen LogP) is 4.09. The number of benzene rings is 2. The Balaban J connectivity index is 2.07. The van der Waals surface area contributed by atoms with Crippen molar-refractivity contribution in [1.82, 2.24) is 0 Å². The molecule has 0 bridgehead atoms. The van der Waals surface area contributed by atoms with Gasteiger partial charge < -0.3 is 10.2 Å². The molecule has 0 spiro atoms. The monoisotopic (exact) mass is 282 g/mol. The van der Waals surface area contributed by atoms with Crippen LogP contribution in [0.3, 0.4) is 0 Å². The molecular weight excluding hydrogens is 260 g/mol. The van der Waals surface area contributed by atoms with Crippen molar-refractivity contribution >= 4 is 17.3 Å². The van der Waals surface area contributed by atoms with Crippen LogP contribution in [0.4, 0.5) is 11.4 Å². The molecule has 0 radical (unpaired) electrons. The Morgan fingerprint density at radius 1 is 0.952 bits per heavy atom. The lowest BCUT2D eigenvalue weighted by Crippen LogP contribution is -2.21. The molecule has 0 aliphatic rings. The molecule has 0 fully saturated rings. The molecule has 0 atom stereocenters. The highest BCUT2D eigenvalue weighted by Crippen LogP contribution is 2.16. The van der Waals surface area contributed by atoms with Crippen molar-refractivity contribution in [1.29, 1.82) is 0 Å². The van der Waals surface area contributed by atoms with E-state index < -0.39 is 0 Å². The standard InChI is InChI=1S/C18H22N2O/c1-4-20(5-2)17-12-8-15(9-13-17)18(21)19-16-10-6-14(3)7-11-16/h6-13H,4-5H2,1-3H3,(H,19,21). The van der Waals surface area contributed by atoms with Gasteiger partial charge in [-0.15, -0.1) is 0 Å². The number of hydrogen-bond donors (Lipinski definition) is 1. The van der Waals surface area contributed by atoms with E-state index in [9.17, 15) is 4.79 Å². The van der Waals surface area contributed by atoms with E-state index in [0.29, 0.717) is 5.56 Å². The second-order valence-electron chi connectivity index (χ2n) is 5.04. The number of rotatable bonds is 5. The van der Waals surface area contributed by atoms with Crippen molar-refractivity contribution in [3.8, 4) is 0 Å². The molecule has 2 aromatic carbocycles. The van der Waals surface area contributed by atoms with Gasteiger partial charge in [0.05, 0.1) is 0 Å². The maximum atomic E-state index is 12.2. The molecule has 0 aliphatic carbocycles. The summed E-state index contributed by atoms with van der Waals surface area (Å²) in [6.45, 7) is 8.21. The van der Waals surface area contributed by atoms with Gasteiger partial charge in [0.15, 0.2) is 0 Å². The first kappa shape index (κ1) is 15.1. The Labute approximate surface area is 126 Å². The van der Waals surface area contributed by atoms with Gasteiger partial charge in [0.1, 0.15) is 0 Å². The Bertz CT molecular complexity index is 584. The molecule has 0 aliphatic heterocycles. The minimum atomic E-state index is -0.0787. The third-order valence-corrected chi connectivity index (χ3v) is 3.57. The van der Waals surface area contributed by atoms with E-state index in [1.807, 2.05) is 55.5 Å². The summed E-state index contributed by atoms with van der Waals surface area (Å²) in [4.78, 5) is 14.4. The van der Waals surface area contributed by atoms with Gasteiger partial charge in [-0.2, -0.15) is 0 Å². The minimum absolute atomic E-state index is 0.0787. The van der Waals surface area contributed by atoms with E-state index >= 15 is 0 Å². The van der Waals surface area contributed by atoms with Gasteiger partial charge in [-0.3, -0.25) is 4.79 Å². The maximum Gasteiger partial charge on any atom is 0.255 e. The van der Waals surface area contributed by atoms with E-state index in [1.165, 1.54) is 5.56 Å². The lowest BCUT2D eigenvalue weighted by molar-refractivity contribution is 0.102. The third kappa shape index (κ3) is 3.85. The van der Waals surface area contributed by atoms with E-state index in [0.717, 1.165) is 24.5 Å². The summed E-state index contributed by atoms with van der Waals surface area (Å²) in [6, 6.07) is 15.5. The number of amides is 1. The van der Waals surface area contributed by atoms with Crippen LogP contribution in [0.2, 0.25) is 0 Å². The molecule has 0 unspecified atom stereocenters. The number of aryl methyl sites for hydroxylation is 1. The summed E-state index contributed by atoms with van der Waals surface area (Å²) in [7, 11) is 0. The smallest absolute Gasteiger partial charge is 0.255 e. The van der Waals surface area contributed by atoms with Crippen LogP contribution in [-0.4, -0.2) is 19.0 Å². The molecule has 0 saturated carbocycles. The fourth-order valence-corrected chi connectivity index (χ4v) is 2.25. The van der Waals surface area contributed by atoms with Crippen LogP contribution in [0.5, 0.6) is 0 Å². The molecule has 0 saturated heterocycles. The lowest BCUT2D eigenvalue weighted by atomic mass is 10.1. The largest absolute Gasteiger partial charge is 0.372 e. The molecule has 2 rings (SSSR count). The summed E-state index contributed by atoms with van der Waals surface area (Å²) < 4.78 is 0. The SMILES string of the molecule is CCN(CC)c1ccc(C(=O)Nc2ccc(C)cc2)cc1. The van der Waals surface area contributed by atoms with Crippen LogP contribution in [0.25, 0.3) is 0 Å². The highest BCUT2D eigenvalue weighted by Gasteiger charge is 2.07. The molecule has 1 amide bonds. The molecule has 3 nitrogen and oxygen atoms in total. The summed E-state index contributed by atoms with van der Waals surface area (Å²) in [5.41, 5.74) is 3.81. The zero-order valence-corrected chi connectivity index (χ0v) is 12.9. The summed E-state index contributed by atoms with van der Waals surface area (Å²) in [6.07, 6.45) is 0. The third-order valence-electron chi connectivity index (χ3n) is 3.57. The lowest BCUT2D eigenvalue weighted by Gasteiger charge is -2.21. The van der Waals surface area contributed by atoms with Crippen molar-refractivity contribution in [3.05, 3.63) is 59.7 Å². The van der Waals surface area contributed by atoms with Gasteiger partial charge in [-0.1, -0.05) is 17.7 Å². The molecule has 2 aromatic rings. The van der Waals surface area contributed by atoms with Crippen molar-refractivity contribution < 1.29 is 4.79 Å². The molecule has 0 heterocycles. The van der Waals surface area contributed by atoms with Crippen molar-refractivity contribution in [2.75, 3.05) is 23.3 Å². The number of anilines is 2. The van der Waals surface area contributed by atoms with Crippen LogP contribution < -0.4 is 10.2 Å². The second-order valence-corrected chi connectivity index (χ2v) is 5.04. The highest BCUT2D eigenvalue weighted by molar-refractivity contribution is 6.04. The zero-order valence-electron chi connectivity index (χ0n) is 12.9. The molecular formula is C18H22N2O. The summed E-state index contributed by atoms with van der Waals surface area (Å²) in [5.74, 6) is -0.0787. The van der Waals surface area contributed by atoms with Crippen LogP contribution in [0, 0.1) is 6.92 Å². The normalized spacial score (nSPS) is 10.2. The highest BCUT2D eigenvalue weighted by atomic mass is 16.1. The number of carbonyl (C=O) groups is 1. The van der Waals surface area contributed by atoms with Gasteiger partial charge in [0.25, 0.3) is 5.91 Å². The average molecular weight is 282 g/mol. The second kappa shape index (κ2) is 6.93. The Hall–Kier alpha value is -2.29. The summed E-state index contributed by atoms with van der Waals surface area (Å²) in [5, 5.41) is 2.91. The van der Waals surface area contributed by atoms with Crippen LogP contribution in [0.1, 0.15) is 29.8 Å². The van der Waals surface area contributed by atoms with Gasteiger partial charge in [-0.25, -0.2) is 0 Å². The van der Waals surface area contributed by atoms with Gasteiger partial charge in [0.2, 0.25) is 0 Å². The minimum Gasteiger partial charge on any atom is -0.372 e. The van der Waals surface area contributed by atoms with Crippen LogP contribution in [0.15, 0.2) is 48.5 Å². The van der Waals surface area contributed by atoms with E-state index in [-0.39, 0.29) is 5.91 Å². The average Bonchev–Trinajstić information content (AvgIpc) is 2.51. The van der Waals surface area contributed by atoms with Crippen molar-refractivity contribution in [3.63, 3.8) is 0 Å². The molecule has 3 heteroatoms.